The second kappa shape index (κ2) is 6.17. The third-order valence-electron chi connectivity index (χ3n) is 6.21. The Morgan fingerprint density at radius 1 is 1.10 bits per heavy atom. The molecule has 0 amide bonds. The monoisotopic (exact) mass is 278 g/mol. The van der Waals surface area contributed by atoms with Crippen LogP contribution in [-0.4, -0.2) is 18.0 Å². The summed E-state index contributed by atoms with van der Waals surface area (Å²) in [5.74, 6) is 1.36. The van der Waals surface area contributed by atoms with E-state index in [0.29, 0.717) is 18.3 Å². The molecule has 3 aliphatic carbocycles. The Kier molecular flexibility index (Phi) is 4.49. The molecule has 3 aliphatic rings. The lowest BCUT2D eigenvalue weighted by Gasteiger charge is -2.49. The number of carbonyl (C=O) groups is 1. The van der Waals surface area contributed by atoms with Gasteiger partial charge in [-0.05, 0) is 31.6 Å². The summed E-state index contributed by atoms with van der Waals surface area (Å²) in [6.45, 7) is 2.30. The van der Waals surface area contributed by atoms with Crippen molar-refractivity contribution in [2.45, 2.75) is 96.2 Å². The molecule has 0 aromatic rings. The summed E-state index contributed by atoms with van der Waals surface area (Å²) in [4.78, 5) is 12.3. The molecule has 0 heterocycles. The van der Waals surface area contributed by atoms with Crippen LogP contribution in [0.25, 0.3) is 0 Å². The lowest BCUT2D eigenvalue weighted by molar-refractivity contribution is -0.178. The van der Waals surface area contributed by atoms with E-state index in [9.17, 15) is 4.79 Å². The van der Waals surface area contributed by atoms with Gasteiger partial charge in [0.25, 0.3) is 0 Å². The molecule has 20 heavy (non-hydrogen) atoms. The lowest BCUT2D eigenvalue weighted by Crippen LogP contribution is -2.56. The van der Waals surface area contributed by atoms with Crippen LogP contribution in [0.1, 0.15) is 84.0 Å². The topological polar surface area (TPSA) is 26.3 Å². The predicted octanol–water partition coefficient (Wildman–Crippen LogP) is 4.65. The molecule has 0 saturated heterocycles. The Hall–Kier alpha value is -0.370. The van der Waals surface area contributed by atoms with Crippen LogP contribution in [0.15, 0.2) is 0 Å². The normalized spacial score (nSPS) is 37.5. The molecule has 3 unspecified atom stereocenters. The summed E-state index contributed by atoms with van der Waals surface area (Å²) in [7, 11) is 0. The van der Waals surface area contributed by atoms with Gasteiger partial charge in [-0.2, -0.15) is 0 Å². The van der Waals surface area contributed by atoms with Gasteiger partial charge >= 0.3 is 0 Å². The Balaban J connectivity index is 1.60. The molecule has 3 saturated carbocycles. The van der Waals surface area contributed by atoms with E-state index in [0.717, 1.165) is 18.8 Å². The molecule has 0 bridgehead atoms. The van der Waals surface area contributed by atoms with Crippen molar-refractivity contribution < 1.29 is 9.53 Å². The maximum absolute atomic E-state index is 12.3. The van der Waals surface area contributed by atoms with Crippen molar-refractivity contribution in [3.8, 4) is 0 Å². The fourth-order valence-electron chi connectivity index (χ4n) is 4.72. The van der Waals surface area contributed by atoms with E-state index in [1.54, 1.807) is 0 Å². The van der Waals surface area contributed by atoms with Gasteiger partial charge in [0.2, 0.25) is 0 Å². The fraction of sp³-hybridized carbons (Fsp3) is 0.944. The molecule has 114 valence electrons. The van der Waals surface area contributed by atoms with Crippen molar-refractivity contribution in [3.05, 3.63) is 0 Å². The first-order chi connectivity index (χ1) is 9.74. The lowest BCUT2D eigenvalue weighted by atomic mass is 9.60. The van der Waals surface area contributed by atoms with E-state index in [1.807, 2.05) is 0 Å². The van der Waals surface area contributed by atoms with Gasteiger partial charge in [-0.1, -0.05) is 51.9 Å². The van der Waals surface area contributed by atoms with Crippen molar-refractivity contribution in [2.75, 3.05) is 0 Å². The van der Waals surface area contributed by atoms with Crippen LogP contribution in [0, 0.1) is 11.3 Å². The minimum atomic E-state index is -0.0599. The van der Waals surface area contributed by atoms with Gasteiger partial charge in [0.05, 0.1) is 17.6 Å². The van der Waals surface area contributed by atoms with Gasteiger partial charge < -0.3 is 4.74 Å². The number of Topliss-reactive ketones (excluding diaryl/α,β-unsaturated/α-hetero) is 1. The summed E-state index contributed by atoms with van der Waals surface area (Å²) in [6.07, 6.45) is 15.1. The number of hydrogen-bond acceptors (Lipinski definition) is 2. The van der Waals surface area contributed by atoms with Crippen LogP contribution in [0.4, 0.5) is 0 Å². The maximum atomic E-state index is 12.3. The summed E-state index contributed by atoms with van der Waals surface area (Å²) >= 11 is 0. The average Bonchev–Trinajstić information content (AvgIpc) is 2.75. The molecule has 0 N–H and O–H groups in total. The minimum absolute atomic E-state index is 0.0599. The largest absolute Gasteiger partial charge is 0.373 e. The molecule has 0 radical (unpaired) electrons. The first kappa shape index (κ1) is 14.6. The summed E-state index contributed by atoms with van der Waals surface area (Å²) in [5.41, 5.74) is -0.0599. The van der Waals surface area contributed by atoms with Crippen LogP contribution in [0.2, 0.25) is 0 Å². The molecular weight excluding hydrogens is 248 g/mol. The molecule has 3 rings (SSSR count). The maximum Gasteiger partial charge on any atom is 0.144 e. The van der Waals surface area contributed by atoms with Gasteiger partial charge in [0.15, 0.2) is 0 Å². The van der Waals surface area contributed by atoms with Crippen LogP contribution >= 0.6 is 0 Å². The molecule has 0 aromatic heterocycles. The molecule has 2 nitrogen and oxygen atoms in total. The number of hydrogen-bond donors (Lipinski definition) is 0. The molecule has 0 aliphatic heterocycles. The van der Waals surface area contributed by atoms with Gasteiger partial charge in [-0.25, -0.2) is 0 Å². The Morgan fingerprint density at radius 3 is 2.50 bits per heavy atom. The average molecular weight is 278 g/mol. The Bertz CT molecular complexity index is 341. The second-order valence-electron chi connectivity index (χ2n) is 7.39. The van der Waals surface area contributed by atoms with Crippen LogP contribution in [-0.2, 0) is 9.53 Å². The zero-order valence-electron chi connectivity index (χ0n) is 13.0. The van der Waals surface area contributed by atoms with E-state index in [2.05, 4.69) is 6.92 Å². The highest BCUT2D eigenvalue weighted by atomic mass is 16.5. The van der Waals surface area contributed by atoms with Gasteiger partial charge in [-0.15, -0.1) is 0 Å². The van der Waals surface area contributed by atoms with Crippen molar-refractivity contribution >= 4 is 5.78 Å². The highest BCUT2D eigenvalue weighted by Gasteiger charge is 2.55. The third kappa shape index (κ3) is 2.68. The predicted molar refractivity (Wildman–Crippen MR) is 80.7 cm³/mol. The van der Waals surface area contributed by atoms with Gasteiger partial charge in [-0.3, -0.25) is 4.79 Å². The molecule has 1 spiro atoms. The highest BCUT2D eigenvalue weighted by molar-refractivity contribution is 5.92. The standard InChI is InChI=1S/C18H30O2/c1-2-14-8-7-9-15(12-14)20-17-13-16(19)18(17)10-5-3-4-6-11-18/h14-15,17H,2-13H2,1H3. The number of ketones is 1. The van der Waals surface area contributed by atoms with Crippen LogP contribution < -0.4 is 0 Å². The molecule has 0 aromatic carbocycles. The number of ether oxygens (including phenoxy) is 1. The number of carbonyl (C=O) groups excluding carboxylic acids is 1. The SMILES string of the molecule is CCC1CCCC(OC2CC(=O)C23CCCCCC3)C1. The van der Waals surface area contributed by atoms with Gasteiger partial charge in [0.1, 0.15) is 5.78 Å². The molecule has 3 atom stereocenters. The van der Waals surface area contributed by atoms with Crippen LogP contribution in [0.5, 0.6) is 0 Å². The Labute approximate surface area is 123 Å². The Morgan fingerprint density at radius 2 is 1.85 bits per heavy atom. The van der Waals surface area contributed by atoms with Crippen molar-refractivity contribution in [2.24, 2.45) is 11.3 Å². The molecule has 3 fully saturated rings. The smallest absolute Gasteiger partial charge is 0.144 e. The summed E-state index contributed by atoms with van der Waals surface area (Å²) in [6, 6.07) is 0. The summed E-state index contributed by atoms with van der Waals surface area (Å²) < 4.78 is 6.46. The van der Waals surface area contributed by atoms with E-state index in [4.69, 9.17) is 4.74 Å². The van der Waals surface area contributed by atoms with E-state index >= 15 is 0 Å². The molecule has 2 heteroatoms. The number of rotatable bonds is 3. The van der Waals surface area contributed by atoms with Crippen molar-refractivity contribution in [1.29, 1.82) is 0 Å². The van der Waals surface area contributed by atoms with Gasteiger partial charge in [0, 0.05) is 6.42 Å². The first-order valence-electron chi connectivity index (χ1n) is 8.93. The van der Waals surface area contributed by atoms with E-state index in [-0.39, 0.29) is 11.5 Å². The summed E-state index contributed by atoms with van der Waals surface area (Å²) in [5, 5.41) is 0. The molecular formula is C18H30O2. The third-order valence-corrected chi connectivity index (χ3v) is 6.21. The zero-order chi connectivity index (χ0) is 14.0. The van der Waals surface area contributed by atoms with E-state index in [1.165, 1.54) is 57.8 Å². The minimum Gasteiger partial charge on any atom is -0.373 e. The quantitative estimate of drug-likeness (QED) is 0.751. The zero-order valence-corrected chi connectivity index (χ0v) is 13.0. The van der Waals surface area contributed by atoms with Crippen molar-refractivity contribution in [1.82, 2.24) is 0 Å². The first-order valence-corrected chi connectivity index (χ1v) is 8.93. The van der Waals surface area contributed by atoms with Crippen LogP contribution in [0.3, 0.4) is 0 Å². The second-order valence-corrected chi connectivity index (χ2v) is 7.39. The highest BCUT2D eigenvalue weighted by Crippen LogP contribution is 2.50. The van der Waals surface area contributed by atoms with E-state index < -0.39 is 0 Å². The fourth-order valence-corrected chi connectivity index (χ4v) is 4.72. The van der Waals surface area contributed by atoms with Crippen molar-refractivity contribution in [3.63, 3.8) is 0 Å².